The van der Waals surface area contributed by atoms with E-state index in [1.165, 1.54) is 47.3 Å². The second-order valence-electron chi connectivity index (χ2n) is 13.6. The summed E-state index contributed by atoms with van der Waals surface area (Å²) in [6, 6.07) is 30.9. The van der Waals surface area contributed by atoms with Gasteiger partial charge in [-0.15, -0.1) is 22.7 Å². The van der Waals surface area contributed by atoms with Crippen LogP contribution in [0.4, 0.5) is 0 Å². The summed E-state index contributed by atoms with van der Waals surface area (Å²) in [5.74, 6) is 0.681. The molecule has 2 heterocycles. The molecule has 1 unspecified atom stereocenters. The molecule has 55 heavy (non-hydrogen) atoms. The maximum Gasteiger partial charge on any atom is 0.185 e. The number of aryl methyl sites for hydroxylation is 1. The van der Waals surface area contributed by atoms with E-state index in [1.54, 1.807) is 22.7 Å². The van der Waals surface area contributed by atoms with Crippen LogP contribution in [0.25, 0.3) is 41.8 Å². The Hall–Kier alpha value is -5.66. The number of amidine groups is 1. The predicted molar refractivity (Wildman–Crippen MR) is 236 cm³/mol. The first-order valence-electron chi connectivity index (χ1n) is 18.5. The van der Waals surface area contributed by atoms with Crippen LogP contribution in [0.3, 0.4) is 0 Å². The van der Waals surface area contributed by atoms with Crippen molar-refractivity contribution < 1.29 is 0 Å². The lowest BCUT2D eigenvalue weighted by Crippen LogP contribution is -2.23. The molecule has 0 radical (unpaired) electrons. The van der Waals surface area contributed by atoms with Gasteiger partial charge in [-0.1, -0.05) is 61.5 Å². The molecule has 0 saturated carbocycles. The van der Waals surface area contributed by atoms with E-state index in [0.717, 1.165) is 48.8 Å². The molecule has 5 aromatic rings. The van der Waals surface area contributed by atoms with Gasteiger partial charge in [0, 0.05) is 45.1 Å². The maximum absolute atomic E-state index is 7.90. The first-order chi connectivity index (χ1) is 26.5. The van der Waals surface area contributed by atoms with Gasteiger partial charge in [0.2, 0.25) is 0 Å². The highest BCUT2D eigenvalue weighted by molar-refractivity contribution is 7.19. The van der Waals surface area contributed by atoms with E-state index in [-0.39, 0.29) is 29.6 Å². The minimum absolute atomic E-state index is 0.0890. The fourth-order valence-electron chi connectivity index (χ4n) is 6.58. The molecular weight excluding hydrogens is 723 g/mol. The Labute approximate surface area is 332 Å². The molecule has 0 aliphatic heterocycles. The van der Waals surface area contributed by atoms with Crippen molar-refractivity contribution >= 4 is 46.4 Å². The molecule has 0 bridgehead atoms. The Bertz CT molecular complexity index is 2110. The number of guanidine groups is 3. The Morgan fingerprint density at radius 3 is 1.27 bits per heavy atom. The lowest BCUT2D eigenvalue weighted by Gasteiger charge is -2.13. The van der Waals surface area contributed by atoms with Crippen LogP contribution in [0, 0.1) is 11.3 Å². The van der Waals surface area contributed by atoms with E-state index < -0.39 is 0 Å². The van der Waals surface area contributed by atoms with Crippen molar-refractivity contribution in [2.24, 2.45) is 61.0 Å². The van der Waals surface area contributed by atoms with Gasteiger partial charge in [0.1, 0.15) is 0 Å². The first kappa shape index (κ1) is 40.5. The fourth-order valence-corrected chi connectivity index (χ4v) is 8.56. The quantitative estimate of drug-likeness (QED) is 0.0356. The second kappa shape index (κ2) is 19.6. The fraction of sp³-hybridized carbons (Fsp3) is 0.286. The number of rotatable bonds is 19. The van der Waals surface area contributed by atoms with Crippen molar-refractivity contribution in [2.75, 3.05) is 19.6 Å². The van der Waals surface area contributed by atoms with Gasteiger partial charge >= 0.3 is 0 Å². The number of nitrogens with two attached hydrogens (primary N) is 7. The van der Waals surface area contributed by atoms with Crippen LogP contribution >= 0.6 is 22.7 Å². The number of thiophene rings is 2. The minimum atomic E-state index is 0.0890. The molecule has 15 N–H and O–H groups in total. The van der Waals surface area contributed by atoms with Crippen LogP contribution in [-0.2, 0) is 25.7 Å². The SMILES string of the molecule is CCC(CCCc1cc(CCN=C(N)N)cc(-c2ccc(-c3cccc(-c4ccc(-c5cc(CCN=C(N)N)cc(CCN=C(N)N)c5)s4)c3)s2)c1)C(=N)N. The molecule has 288 valence electrons. The Morgan fingerprint density at radius 1 is 0.527 bits per heavy atom. The lowest BCUT2D eigenvalue weighted by molar-refractivity contribution is 0.568. The van der Waals surface area contributed by atoms with Crippen molar-refractivity contribution in [1.82, 2.24) is 0 Å². The Balaban J connectivity index is 1.38. The molecule has 1 atom stereocenters. The molecule has 2 aromatic heterocycles. The van der Waals surface area contributed by atoms with Crippen LogP contribution in [0.5, 0.6) is 0 Å². The first-order valence-corrected chi connectivity index (χ1v) is 20.2. The van der Waals surface area contributed by atoms with Crippen molar-refractivity contribution in [1.29, 1.82) is 5.41 Å². The van der Waals surface area contributed by atoms with Crippen molar-refractivity contribution in [3.05, 3.63) is 107 Å². The number of hydrogen-bond acceptors (Lipinski definition) is 6. The molecule has 3 aromatic carbocycles. The van der Waals surface area contributed by atoms with E-state index in [4.69, 9.17) is 45.5 Å². The van der Waals surface area contributed by atoms with E-state index in [1.807, 2.05) is 0 Å². The Kier molecular flexibility index (Phi) is 14.4. The van der Waals surface area contributed by atoms with Gasteiger partial charge in [-0.05, 0) is 120 Å². The standard InChI is InChI=1S/C42H53N11S2/c1-2-30(39(43)44)6-3-5-26-19-27(13-16-51-40(45)46)22-33(21-26)37-11-9-35(54-37)31-7-4-8-32(25-31)36-10-12-38(55-36)34-23-28(14-17-52-41(47)48)20-29(24-34)15-18-53-42(49)50/h4,7-12,19-25,30H,2-3,5-6,13-18H2,1H3,(H3,43,44)(H4,45,46,51)(H4,47,48,52)(H4,49,50,53). The highest BCUT2D eigenvalue weighted by atomic mass is 32.1. The minimum Gasteiger partial charge on any atom is -0.387 e. The summed E-state index contributed by atoms with van der Waals surface area (Å²) < 4.78 is 0. The smallest absolute Gasteiger partial charge is 0.185 e. The summed E-state index contributed by atoms with van der Waals surface area (Å²) in [5.41, 5.74) is 48.8. The summed E-state index contributed by atoms with van der Waals surface area (Å²) in [6.07, 6.45) is 5.84. The van der Waals surface area contributed by atoms with Crippen molar-refractivity contribution in [2.45, 2.75) is 51.9 Å². The predicted octanol–water partition coefficient (Wildman–Crippen LogP) is 6.21. The van der Waals surface area contributed by atoms with Gasteiger partial charge in [-0.2, -0.15) is 0 Å². The number of nitrogens with one attached hydrogen (secondary N) is 1. The van der Waals surface area contributed by atoms with Gasteiger partial charge in [-0.3, -0.25) is 20.4 Å². The molecule has 0 spiro atoms. The van der Waals surface area contributed by atoms with E-state index in [2.05, 4.69) is 107 Å². The monoisotopic (exact) mass is 775 g/mol. The Morgan fingerprint density at radius 2 is 0.909 bits per heavy atom. The van der Waals surface area contributed by atoms with Gasteiger partial charge in [0.05, 0.1) is 5.84 Å². The molecular formula is C42H53N11S2. The van der Waals surface area contributed by atoms with Gasteiger partial charge in [0.25, 0.3) is 0 Å². The summed E-state index contributed by atoms with van der Waals surface area (Å²) in [7, 11) is 0. The number of hydrogen-bond donors (Lipinski definition) is 8. The van der Waals surface area contributed by atoms with E-state index in [9.17, 15) is 0 Å². The number of benzene rings is 3. The van der Waals surface area contributed by atoms with E-state index >= 15 is 0 Å². The van der Waals surface area contributed by atoms with Crippen LogP contribution in [0.2, 0.25) is 0 Å². The zero-order valence-electron chi connectivity index (χ0n) is 31.4. The maximum atomic E-state index is 7.90. The third-order valence-corrected chi connectivity index (χ3v) is 11.7. The molecule has 13 heteroatoms. The molecule has 0 amide bonds. The number of nitrogens with zero attached hydrogens (tertiary/aromatic N) is 3. The highest BCUT2D eigenvalue weighted by Crippen LogP contribution is 2.40. The zero-order chi connectivity index (χ0) is 39.3. The molecule has 11 nitrogen and oxygen atoms in total. The van der Waals surface area contributed by atoms with Crippen LogP contribution in [0.15, 0.2) is 99.9 Å². The third-order valence-electron chi connectivity index (χ3n) is 9.35. The average molecular weight is 776 g/mol. The summed E-state index contributed by atoms with van der Waals surface area (Å²) in [4.78, 5) is 17.3. The van der Waals surface area contributed by atoms with Crippen molar-refractivity contribution in [3.8, 4) is 41.8 Å². The second-order valence-corrected chi connectivity index (χ2v) is 15.8. The topological polar surface area (TPSA) is 243 Å². The summed E-state index contributed by atoms with van der Waals surface area (Å²) in [5, 5.41) is 7.90. The normalized spacial score (nSPS) is 11.5. The molecule has 5 rings (SSSR count). The summed E-state index contributed by atoms with van der Waals surface area (Å²) in [6.45, 7) is 3.65. The van der Waals surface area contributed by atoms with Gasteiger partial charge in [0.15, 0.2) is 17.9 Å². The van der Waals surface area contributed by atoms with E-state index in [0.29, 0.717) is 32.5 Å². The number of aliphatic imine (C=N–C) groups is 3. The zero-order valence-corrected chi connectivity index (χ0v) is 33.1. The van der Waals surface area contributed by atoms with Crippen LogP contribution < -0.4 is 40.1 Å². The summed E-state index contributed by atoms with van der Waals surface area (Å²) >= 11 is 3.56. The van der Waals surface area contributed by atoms with Crippen molar-refractivity contribution in [3.63, 3.8) is 0 Å². The molecule has 0 fully saturated rings. The van der Waals surface area contributed by atoms with Crippen LogP contribution in [0.1, 0.15) is 48.4 Å². The third kappa shape index (κ3) is 12.2. The molecule has 0 aliphatic rings. The lowest BCUT2D eigenvalue weighted by atomic mass is 9.94. The van der Waals surface area contributed by atoms with Gasteiger partial charge < -0.3 is 40.1 Å². The van der Waals surface area contributed by atoms with Crippen LogP contribution in [-0.4, -0.2) is 43.3 Å². The average Bonchev–Trinajstić information content (AvgIpc) is 3.85. The van der Waals surface area contributed by atoms with Gasteiger partial charge in [-0.25, -0.2) is 0 Å². The molecule has 0 saturated heterocycles. The largest absolute Gasteiger partial charge is 0.387 e. The molecule has 0 aliphatic carbocycles. The highest BCUT2D eigenvalue weighted by Gasteiger charge is 2.13.